The molecule has 45 heavy (non-hydrogen) atoms. The molecular weight excluding hydrogens is 580 g/mol. The van der Waals surface area contributed by atoms with Gasteiger partial charge in [-0.2, -0.15) is 0 Å². The molecule has 5 unspecified atom stereocenters. The second-order valence-electron chi connectivity index (χ2n) is 13.6. The number of carboxylic acids is 1. The Kier molecular flexibility index (Phi) is 13.1. The molecule has 0 bridgehead atoms. The molecule has 5 amide bonds. The molecule has 0 spiro atoms. The van der Waals surface area contributed by atoms with Gasteiger partial charge in [0.05, 0.1) is 19.4 Å². The number of ether oxygens (including phenoxy) is 1. The topological polar surface area (TPSA) is 169 Å². The minimum absolute atomic E-state index is 0.00301. The zero-order valence-electron chi connectivity index (χ0n) is 27.1. The summed E-state index contributed by atoms with van der Waals surface area (Å²) in [6, 6.07) is -0.121. The van der Waals surface area contributed by atoms with Gasteiger partial charge in [-0.3, -0.25) is 19.8 Å². The smallest absolute Gasteiger partial charge is 0.331 e. The van der Waals surface area contributed by atoms with Crippen LogP contribution in [0.5, 0.6) is 0 Å². The normalized spacial score (nSPS) is 30.7. The van der Waals surface area contributed by atoms with E-state index in [1.54, 1.807) is 6.92 Å². The molecule has 1 saturated heterocycles. The van der Waals surface area contributed by atoms with Crippen LogP contribution < -0.4 is 21.4 Å². The quantitative estimate of drug-likeness (QED) is 0.204. The number of carboxylic acid groups (broad SMARTS) is 1. The summed E-state index contributed by atoms with van der Waals surface area (Å²) in [6.07, 6.45) is 10.7. The number of nitrogens with one attached hydrogen (secondary N) is 4. The molecule has 4 aliphatic rings. The molecular formula is C32H54N6O7. The van der Waals surface area contributed by atoms with E-state index in [-0.39, 0.29) is 85.9 Å². The van der Waals surface area contributed by atoms with Gasteiger partial charge in [-0.1, -0.05) is 19.8 Å². The number of nitrogens with zero attached hydrogens (tertiary/aromatic N) is 2. The van der Waals surface area contributed by atoms with Crippen LogP contribution in [0.3, 0.4) is 0 Å². The van der Waals surface area contributed by atoms with Crippen LogP contribution in [0.1, 0.15) is 104 Å². The predicted octanol–water partition coefficient (Wildman–Crippen LogP) is 3.14. The Labute approximate surface area is 266 Å². The molecule has 0 radical (unpaired) electrons. The molecule has 0 aromatic carbocycles. The molecule has 1 heterocycles. The summed E-state index contributed by atoms with van der Waals surface area (Å²) in [5.41, 5.74) is 2.90. The van der Waals surface area contributed by atoms with Crippen molar-refractivity contribution in [2.24, 2.45) is 17.8 Å². The lowest BCUT2D eigenvalue weighted by atomic mass is 9.80. The number of hydrazine groups is 1. The Morgan fingerprint density at radius 1 is 0.911 bits per heavy atom. The maximum absolute atomic E-state index is 13.1. The number of hydrogen-bond acceptors (Lipinski definition) is 7. The highest BCUT2D eigenvalue weighted by Crippen LogP contribution is 2.32. The van der Waals surface area contributed by atoms with Crippen LogP contribution in [0.25, 0.3) is 0 Å². The van der Waals surface area contributed by atoms with Crippen LogP contribution in [0, 0.1) is 17.8 Å². The van der Waals surface area contributed by atoms with E-state index in [9.17, 15) is 29.1 Å². The Morgan fingerprint density at radius 2 is 1.64 bits per heavy atom. The molecule has 13 nitrogen and oxygen atoms in total. The predicted molar refractivity (Wildman–Crippen MR) is 167 cm³/mol. The first-order valence-electron chi connectivity index (χ1n) is 17.2. The second kappa shape index (κ2) is 17.0. The van der Waals surface area contributed by atoms with Crippen molar-refractivity contribution >= 4 is 29.9 Å². The van der Waals surface area contributed by atoms with E-state index in [1.165, 1.54) is 17.7 Å². The number of aliphatic carboxylic acids is 1. The lowest BCUT2D eigenvalue weighted by Gasteiger charge is -2.40. The molecule has 5 N–H and O–H groups in total. The van der Waals surface area contributed by atoms with Crippen molar-refractivity contribution < 1.29 is 33.8 Å². The average Bonchev–Trinajstić information content (AvgIpc) is 3.12. The maximum atomic E-state index is 13.1. The highest BCUT2D eigenvalue weighted by Gasteiger charge is 2.40. The van der Waals surface area contributed by atoms with E-state index in [1.807, 2.05) is 5.01 Å². The summed E-state index contributed by atoms with van der Waals surface area (Å²) >= 11 is 0. The minimum atomic E-state index is -0.973. The first-order valence-corrected chi connectivity index (χ1v) is 17.2. The lowest BCUT2D eigenvalue weighted by molar-refractivity contribution is -0.144. The second-order valence-corrected chi connectivity index (χ2v) is 13.6. The molecule has 4 rings (SSSR count). The zero-order chi connectivity index (χ0) is 32.3. The number of fused-ring (bicyclic) bond motifs is 1. The first kappa shape index (κ1) is 34.8. The third kappa shape index (κ3) is 10.7. The van der Waals surface area contributed by atoms with Crippen molar-refractivity contribution in [1.29, 1.82) is 0 Å². The standard InChI is InChI=1S/C32H54N6O7/c1-3-45-30(42)15-17-38-27-13-12-25(19-23(27)20-37(32(44)36-38)16-14-29(40)41)33-28(39)18-22-8-10-24(11-9-22)34-31(43)35-26-7-5-4-6-21(26)2/h21-27H,3-20H2,1-2H3,(H,33,39)(H,36,44)(H,40,41)(H2,34,35,43). The van der Waals surface area contributed by atoms with Crippen molar-refractivity contribution in [3.63, 3.8) is 0 Å². The van der Waals surface area contributed by atoms with E-state index in [2.05, 4.69) is 28.3 Å². The van der Waals surface area contributed by atoms with Crippen molar-refractivity contribution in [3.05, 3.63) is 0 Å². The van der Waals surface area contributed by atoms with Crippen molar-refractivity contribution in [2.75, 3.05) is 26.2 Å². The maximum Gasteiger partial charge on any atom is 0.331 e. The van der Waals surface area contributed by atoms with Crippen LogP contribution in [0.15, 0.2) is 0 Å². The summed E-state index contributed by atoms with van der Waals surface area (Å²) in [7, 11) is 0. The Bertz CT molecular complexity index is 1040. The summed E-state index contributed by atoms with van der Waals surface area (Å²) in [4.78, 5) is 63.5. The fraction of sp³-hybridized carbons (Fsp3) is 0.844. The third-order valence-electron chi connectivity index (χ3n) is 10.2. The third-order valence-corrected chi connectivity index (χ3v) is 10.2. The van der Waals surface area contributed by atoms with Crippen molar-refractivity contribution in [2.45, 2.75) is 128 Å². The van der Waals surface area contributed by atoms with Crippen molar-refractivity contribution in [1.82, 2.24) is 31.3 Å². The van der Waals surface area contributed by atoms with Gasteiger partial charge in [0.15, 0.2) is 0 Å². The fourth-order valence-corrected chi connectivity index (χ4v) is 7.70. The van der Waals surface area contributed by atoms with Gasteiger partial charge < -0.3 is 30.7 Å². The number of carbonyl (C=O) groups excluding carboxylic acids is 4. The lowest BCUT2D eigenvalue weighted by Crippen LogP contribution is -2.54. The molecule has 0 aromatic rings. The van der Waals surface area contributed by atoms with Crippen LogP contribution in [-0.2, 0) is 19.1 Å². The van der Waals surface area contributed by atoms with Gasteiger partial charge >= 0.3 is 24.0 Å². The fourth-order valence-electron chi connectivity index (χ4n) is 7.70. The van der Waals surface area contributed by atoms with Crippen LogP contribution in [0.4, 0.5) is 9.59 Å². The molecule has 5 atom stereocenters. The molecule has 3 aliphatic carbocycles. The molecule has 0 aromatic heterocycles. The van der Waals surface area contributed by atoms with Crippen LogP contribution in [-0.4, -0.2) is 95.3 Å². The highest BCUT2D eigenvalue weighted by atomic mass is 16.5. The molecule has 4 fully saturated rings. The Hall–Kier alpha value is -3.09. The van der Waals surface area contributed by atoms with Gasteiger partial charge in [-0.15, -0.1) is 0 Å². The first-order chi connectivity index (χ1) is 21.6. The van der Waals surface area contributed by atoms with Gasteiger partial charge in [0.1, 0.15) is 0 Å². The molecule has 3 saturated carbocycles. The van der Waals surface area contributed by atoms with Gasteiger partial charge in [-0.05, 0) is 82.5 Å². The van der Waals surface area contributed by atoms with Crippen LogP contribution >= 0.6 is 0 Å². The average molecular weight is 635 g/mol. The molecule has 254 valence electrons. The van der Waals surface area contributed by atoms with E-state index < -0.39 is 5.97 Å². The SMILES string of the molecule is CCOC(=O)CCN1NC(=O)N(CCC(=O)O)CC2CC(NC(=O)CC3CCC(NC(=O)NC4CCCCC4C)CC3)CCC21. The minimum Gasteiger partial charge on any atom is -0.481 e. The van der Waals surface area contributed by atoms with E-state index in [0.717, 1.165) is 51.4 Å². The number of carbonyl (C=O) groups is 5. The Balaban J connectivity index is 1.24. The van der Waals surface area contributed by atoms with Gasteiger partial charge in [0.2, 0.25) is 5.91 Å². The number of rotatable bonds is 12. The highest BCUT2D eigenvalue weighted by molar-refractivity contribution is 5.77. The monoisotopic (exact) mass is 634 g/mol. The van der Waals surface area contributed by atoms with Crippen molar-refractivity contribution in [3.8, 4) is 0 Å². The van der Waals surface area contributed by atoms with Gasteiger partial charge in [0.25, 0.3) is 0 Å². The molecule has 13 heteroatoms. The number of urea groups is 2. The number of esters is 1. The van der Waals surface area contributed by atoms with E-state index >= 15 is 0 Å². The van der Waals surface area contributed by atoms with E-state index in [0.29, 0.717) is 31.8 Å². The summed E-state index contributed by atoms with van der Waals surface area (Å²) in [5.74, 6) is -0.476. The molecule has 1 aliphatic heterocycles. The van der Waals surface area contributed by atoms with Gasteiger partial charge in [-0.25, -0.2) is 14.6 Å². The van der Waals surface area contributed by atoms with E-state index in [4.69, 9.17) is 4.74 Å². The zero-order valence-corrected chi connectivity index (χ0v) is 27.1. The summed E-state index contributed by atoms with van der Waals surface area (Å²) in [6.45, 7) is 5.02. The summed E-state index contributed by atoms with van der Waals surface area (Å²) in [5, 5.41) is 20.6. The van der Waals surface area contributed by atoms with Crippen LogP contribution in [0.2, 0.25) is 0 Å². The van der Waals surface area contributed by atoms with Gasteiger partial charge in [0, 0.05) is 50.2 Å². The Morgan fingerprint density at radius 3 is 2.36 bits per heavy atom. The number of hydrogen-bond donors (Lipinski definition) is 5. The largest absolute Gasteiger partial charge is 0.481 e. The summed E-state index contributed by atoms with van der Waals surface area (Å²) < 4.78 is 5.07. The number of amides is 5.